The lowest BCUT2D eigenvalue weighted by molar-refractivity contribution is 0.133. The molecular formula is C11H15NO2. The maximum absolute atomic E-state index is 11.4. The first kappa shape index (κ1) is 10.6. The standard InChI is InChI=1S/C11H15NO2/c1-4-14-11(13)12-6-5-9(2)7-10(3)8-12/h5-8H,4H2,1-3H3. The van der Waals surface area contributed by atoms with Crippen LogP contribution in [0.4, 0.5) is 4.79 Å². The second-order valence-electron chi connectivity index (χ2n) is 3.18. The van der Waals surface area contributed by atoms with E-state index in [1.54, 1.807) is 19.3 Å². The van der Waals surface area contributed by atoms with E-state index in [-0.39, 0.29) is 6.09 Å². The Morgan fingerprint density at radius 2 is 2.14 bits per heavy atom. The molecule has 3 nitrogen and oxygen atoms in total. The van der Waals surface area contributed by atoms with Crippen LogP contribution in [-0.2, 0) is 4.74 Å². The smallest absolute Gasteiger partial charge is 0.417 e. The molecule has 3 heteroatoms. The minimum atomic E-state index is -0.341. The van der Waals surface area contributed by atoms with E-state index in [4.69, 9.17) is 4.74 Å². The lowest BCUT2D eigenvalue weighted by atomic mass is 10.2. The van der Waals surface area contributed by atoms with E-state index in [9.17, 15) is 4.79 Å². The van der Waals surface area contributed by atoms with Gasteiger partial charge in [0, 0.05) is 12.4 Å². The van der Waals surface area contributed by atoms with Gasteiger partial charge in [0.05, 0.1) is 6.61 Å². The summed E-state index contributed by atoms with van der Waals surface area (Å²) in [5.41, 5.74) is 2.14. The van der Waals surface area contributed by atoms with Crippen LogP contribution in [0, 0.1) is 0 Å². The average Bonchev–Trinajstić information content (AvgIpc) is 2.27. The number of ether oxygens (including phenoxy) is 1. The topological polar surface area (TPSA) is 29.5 Å². The molecular weight excluding hydrogens is 178 g/mol. The Labute approximate surface area is 84.3 Å². The molecule has 1 rings (SSSR count). The van der Waals surface area contributed by atoms with Gasteiger partial charge in [-0.15, -0.1) is 0 Å². The van der Waals surface area contributed by atoms with Crippen molar-refractivity contribution in [1.29, 1.82) is 0 Å². The fraction of sp³-hybridized carbons (Fsp3) is 0.364. The van der Waals surface area contributed by atoms with Crippen molar-refractivity contribution >= 4 is 6.09 Å². The number of carbonyl (C=O) groups excluding carboxylic acids is 1. The van der Waals surface area contributed by atoms with E-state index in [2.05, 4.69) is 0 Å². The molecule has 0 aromatic heterocycles. The molecule has 0 spiro atoms. The third-order valence-electron chi connectivity index (χ3n) is 1.77. The molecule has 0 bridgehead atoms. The molecule has 0 radical (unpaired) electrons. The average molecular weight is 193 g/mol. The van der Waals surface area contributed by atoms with Crippen LogP contribution >= 0.6 is 0 Å². The highest BCUT2D eigenvalue weighted by molar-refractivity contribution is 5.70. The third kappa shape index (κ3) is 2.76. The summed E-state index contributed by atoms with van der Waals surface area (Å²) in [6, 6.07) is 0. The van der Waals surface area contributed by atoms with Gasteiger partial charge in [0.2, 0.25) is 0 Å². The Hall–Kier alpha value is -1.51. The maximum atomic E-state index is 11.4. The number of allylic oxidation sites excluding steroid dienone is 4. The fourth-order valence-corrected chi connectivity index (χ4v) is 1.22. The van der Waals surface area contributed by atoms with Gasteiger partial charge in [-0.1, -0.05) is 6.08 Å². The molecule has 0 saturated carbocycles. The molecule has 0 aromatic carbocycles. The fourth-order valence-electron chi connectivity index (χ4n) is 1.22. The van der Waals surface area contributed by atoms with Crippen molar-refractivity contribution in [2.75, 3.05) is 6.61 Å². The highest BCUT2D eigenvalue weighted by Gasteiger charge is 2.10. The van der Waals surface area contributed by atoms with Crippen LogP contribution in [-0.4, -0.2) is 17.6 Å². The lowest BCUT2D eigenvalue weighted by Crippen LogP contribution is -2.21. The molecule has 0 atom stereocenters. The highest BCUT2D eigenvalue weighted by atomic mass is 16.5. The Balaban J connectivity index is 2.79. The van der Waals surface area contributed by atoms with E-state index >= 15 is 0 Å². The molecule has 1 heterocycles. The van der Waals surface area contributed by atoms with Gasteiger partial charge in [-0.3, -0.25) is 4.90 Å². The predicted octanol–water partition coefficient (Wildman–Crippen LogP) is 2.82. The molecule has 1 amide bonds. The van der Waals surface area contributed by atoms with E-state index in [0.29, 0.717) is 6.61 Å². The Morgan fingerprint density at radius 1 is 1.43 bits per heavy atom. The molecule has 0 aliphatic carbocycles. The van der Waals surface area contributed by atoms with E-state index in [0.717, 1.165) is 11.1 Å². The number of hydrogen-bond donors (Lipinski definition) is 0. The van der Waals surface area contributed by atoms with Gasteiger partial charge in [0.15, 0.2) is 0 Å². The molecule has 0 aromatic rings. The van der Waals surface area contributed by atoms with Crippen molar-refractivity contribution in [3.05, 3.63) is 35.7 Å². The van der Waals surface area contributed by atoms with Crippen LogP contribution in [0.15, 0.2) is 35.7 Å². The van der Waals surface area contributed by atoms with Crippen molar-refractivity contribution in [3.63, 3.8) is 0 Å². The summed E-state index contributed by atoms with van der Waals surface area (Å²) in [5, 5.41) is 0. The van der Waals surface area contributed by atoms with E-state index < -0.39 is 0 Å². The van der Waals surface area contributed by atoms with Crippen LogP contribution in [0.25, 0.3) is 0 Å². The molecule has 76 valence electrons. The first-order valence-electron chi connectivity index (χ1n) is 4.63. The van der Waals surface area contributed by atoms with Crippen molar-refractivity contribution < 1.29 is 9.53 Å². The quantitative estimate of drug-likeness (QED) is 0.640. The summed E-state index contributed by atoms with van der Waals surface area (Å²) in [7, 11) is 0. The zero-order valence-electron chi connectivity index (χ0n) is 8.78. The molecule has 1 aliphatic heterocycles. The normalized spacial score (nSPS) is 15.8. The summed E-state index contributed by atoms with van der Waals surface area (Å²) >= 11 is 0. The monoisotopic (exact) mass is 193 g/mol. The van der Waals surface area contributed by atoms with Gasteiger partial charge in [0.25, 0.3) is 0 Å². The zero-order valence-corrected chi connectivity index (χ0v) is 8.78. The van der Waals surface area contributed by atoms with Crippen LogP contribution in [0.5, 0.6) is 0 Å². The van der Waals surface area contributed by atoms with E-state index in [1.165, 1.54) is 4.90 Å². The molecule has 0 unspecified atom stereocenters. The Kier molecular flexibility index (Phi) is 3.51. The summed E-state index contributed by atoms with van der Waals surface area (Å²) in [6.45, 7) is 6.12. The number of nitrogens with zero attached hydrogens (tertiary/aromatic N) is 1. The van der Waals surface area contributed by atoms with Gasteiger partial charge in [-0.2, -0.15) is 0 Å². The summed E-state index contributed by atoms with van der Waals surface area (Å²) in [4.78, 5) is 12.8. The van der Waals surface area contributed by atoms with Crippen LogP contribution in [0.3, 0.4) is 0 Å². The number of hydrogen-bond acceptors (Lipinski definition) is 2. The Morgan fingerprint density at radius 3 is 2.79 bits per heavy atom. The van der Waals surface area contributed by atoms with Gasteiger partial charge in [-0.25, -0.2) is 4.79 Å². The number of amides is 1. The molecule has 14 heavy (non-hydrogen) atoms. The third-order valence-corrected chi connectivity index (χ3v) is 1.77. The lowest BCUT2D eigenvalue weighted by Gasteiger charge is -2.12. The van der Waals surface area contributed by atoms with Gasteiger partial charge < -0.3 is 4.74 Å². The Bertz CT molecular complexity index is 313. The first-order chi connectivity index (χ1) is 6.63. The van der Waals surface area contributed by atoms with Gasteiger partial charge in [0.1, 0.15) is 0 Å². The summed E-state index contributed by atoms with van der Waals surface area (Å²) < 4.78 is 4.89. The van der Waals surface area contributed by atoms with Crippen LogP contribution in [0.2, 0.25) is 0 Å². The zero-order chi connectivity index (χ0) is 10.6. The van der Waals surface area contributed by atoms with Crippen LogP contribution in [0.1, 0.15) is 20.8 Å². The SMILES string of the molecule is CCOC(=O)N1C=CC(C)=CC(C)=C1. The molecule has 0 saturated heterocycles. The second kappa shape index (κ2) is 4.65. The molecule has 0 fully saturated rings. The second-order valence-corrected chi connectivity index (χ2v) is 3.18. The first-order valence-corrected chi connectivity index (χ1v) is 4.63. The van der Waals surface area contributed by atoms with Crippen molar-refractivity contribution in [1.82, 2.24) is 4.90 Å². The molecule has 0 N–H and O–H groups in total. The summed E-state index contributed by atoms with van der Waals surface area (Å²) in [6.07, 6.45) is 7.01. The minimum Gasteiger partial charge on any atom is -0.449 e. The minimum absolute atomic E-state index is 0.341. The van der Waals surface area contributed by atoms with Crippen molar-refractivity contribution in [2.24, 2.45) is 0 Å². The number of carbonyl (C=O) groups is 1. The predicted molar refractivity (Wildman–Crippen MR) is 55.5 cm³/mol. The van der Waals surface area contributed by atoms with E-state index in [1.807, 2.05) is 26.0 Å². The maximum Gasteiger partial charge on any atom is 0.417 e. The van der Waals surface area contributed by atoms with Crippen molar-refractivity contribution in [3.8, 4) is 0 Å². The van der Waals surface area contributed by atoms with Crippen molar-refractivity contribution in [2.45, 2.75) is 20.8 Å². The highest BCUT2D eigenvalue weighted by Crippen LogP contribution is 2.11. The van der Waals surface area contributed by atoms with Gasteiger partial charge >= 0.3 is 6.09 Å². The number of rotatable bonds is 1. The summed E-state index contributed by atoms with van der Waals surface area (Å²) in [5.74, 6) is 0. The largest absolute Gasteiger partial charge is 0.449 e. The molecule has 1 aliphatic rings. The van der Waals surface area contributed by atoms with Gasteiger partial charge in [-0.05, 0) is 38.0 Å². The van der Waals surface area contributed by atoms with Crippen LogP contribution < -0.4 is 0 Å².